The molecule has 1 aromatic heterocycles. The summed E-state index contributed by atoms with van der Waals surface area (Å²) in [6.45, 7) is 1.99. The summed E-state index contributed by atoms with van der Waals surface area (Å²) in [6.07, 6.45) is 4.74. The minimum Gasteiger partial charge on any atom is -0.349 e. The van der Waals surface area contributed by atoms with E-state index >= 15 is 0 Å². The number of aryl methyl sites for hydroxylation is 2. The summed E-state index contributed by atoms with van der Waals surface area (Å²) in [5, 5.41) is 11.6. The highest BCUT2D eigenvalue weighted by atomic mass is 32.2. The molecule has 1 atom stereocenters. The van der Waals surface area contributed by atoms with Crippen LogP contribution in [0.15, 0.2) is 47.6 Å². The van der Waals surface area contributed by atoms with Gasteiger partial charge in [-0.25, -0.2) is 9.07 Å². The highest BCUT2D eigenvalue weighted by Crippen LogP contribution is 2.25. The van der Waals surface area contributed by atoms with Gasteiger partial charge in [0, 0.05) is 5.56 Å². The van der Waals surface area contributed by atoms with E-state index in [0.29, 0.717) is 16.5 Å². The van der Waals surface area contributed by atoms with Crippen LogP contribution in [0.3, 0.4) is 0 Å². The van der Waals surface area contributed by atoms with Gasteiger partial charge in [0.05, 0.1) is 11.8 Å². The lowest BCUT2D eigenvalue weighted by Crippen LogP contribution is -2.28. The molecule has 156 valence electrons. The van der Waals surface area contributed by atoms with Gasteiger partial charge in [-0.15, -0.1) is 10.2 Å². The minimum absolute atomic E-state index is 0.0733. The molecule has 3 aromatic rings. The predicted octanol–water partition coefficient (Wildman–Crippen LogP) is 3.65. The van der Waals surface area contributed by atoms with Crippen LogP contribution < -0.4 is 11.2 Å². The number of hydrogen-bond donors (Lipinski definition) is 2. The van der Waals surface area contributed by atoms with Crippen molar-refractivity contribution >= 4 is 17.7 Å². The van der Waals surface area contributed by atoms with Crippen molar-refractivity contribution in [3.8, 4) is 11.4 Å². The van der Waals surface area contributed by atoms with Gasteiger partial charge in [-0.2, -0.15) is 0 Å². The summed E-state index contributed by atoms with van der Waals surface area (Å²) >= 11 is 1.21. The molecule has 4 rings (SSSR count). The summed E-state index contributed by atoms with van der Waals surface area (Å²) < 4.78 is 14.4. The Morgan fingerprint density at radius 1 is 1.17 bits per heavy atom. The number of nitrogens with zero attached hydrogens (tertiary/aromatic N) is 3. The number of amides is 1. The summed E-state index contributed by atoms with van der Waals surface area (Å²) in [4.78, 5) is 12.4. The summed E-state index contributed by atoms with van der Waals surface area (Å²) in [6, 6.07) is 12.3. The first-order valence-electron chi connectivity index (χ1n) is 10.0. The third kappa shape index (κ3) is 4.48. The van der Waals surface area contributed by atoms with Crippen molar-refractivity contribution in [2.75, 3.05) is 11.6 Å². The third-order valence-electron chi connectivity index (χ3n) is 5.35. The lowest BCUT2D eigenvalue weighted by Gasteiger charge is -2.20. The first kappa shape index (κ1) is 20.4. The van der Waals surface area contributed by atoms with E-state index in [-0.39, 0.29) is 23.5 Å². The molecular formula is C22H24FN5OS. The third-order valence-corrected chi connectivity index (χ3v) is 6.29. The Kier molecular flexibility index (Phi) is 6.03. The second kappa shape index (κ2) is 8.87. The van der Waals surface area contributed by atoms with Gasteiger partial charge in [-0.1, -0.05) is 30.0 Å². The zero-order valence-corrected chi connectivity index (χ0v) is 17.6. The van der Waals surface area contributed by atoms with E-state index in [1.165, 1.54) is 52.5 Å². The Balaban J connectivity index is 1.35. The number of nitrogens with two attached hydrogens (primary N) is 1. The Labute approximate surface area is 179 Å². The molecule has 0 saturated heterocycles. The van der Waals surface area contributed by atoms with Crippen molar-refractivity contribution < 1.29 is 9.18 Å². The van der Waals surface area contributed by atoms with E-state index in [1.807, 2.05) is 6.92 Å². The molecule has 0 radical (unpaired) electrons. The van der Waals surface area contributed by atoms with Crippen molar-refractivity contribution in [3.05, 3.63) is 65.0 Å². The molecule has 0 bridgehead atoms. The molecule has 0 unspecified atom stereocenters. The van der Waals surface area contributed by atoms with Crippen LogP contribution >= 0.6 is 11.8 Å². The first-order chi connectivity index (χ1) is 14.5. The van der Waals surface area contributed by atoms with Gasteiger partial charge in [0.25, 0.3) is 0 Å². The molecule has 1 aliphatic rings. The van der Waals surface area contributed by atoms with Gasteiger partial charge in [0.1, 0.15) is 5.82 Å². The number of nitrogens with one attached hydrogen (secondary N) is 1. The van der Waals surface area contributed by atoms with E-state index in [4.69, 9.17) is 5.84 Å². The maximum absolute atomic E-state index is 13.1. The standard InChI is InChI=1S/C22H24FN5OS/c1-14(17-7-6-15-4-2-3-5-18(15)12-17)25-20(29)13-30-22-27-26-21(28(22)24)16-8-10-19(23)11-9-16/h6-12,14H,2-5,13,24H2,1H3,(H,25,29)/t14-/m0/s1. The average molecular weight is 426 g/mol. The molecule has 8 heteroatoms. The smallest absolute Gasteiger partial charge is 0.230 e. The molecule has 30 heavy (non-hydrogen) atoms. The monoisotopic (exact) mass is 425 g/mol. The number of fused-ring (bicyclic) bond motifs is 1. The van der Waals surface area contributed by atoms with E-state index in [2.05, 4.69) is 33.7 Å². The first-order valence-corrected chi connectivity index (χ1v) is 11.0. The van der Waals surface area contributed by atoms with Crippen molar-refractivity contribution in [2.24, 2.45) is 0 Å². The number of carbonyl (C=O) groups is 1. The van der Waals surface area contributed by atoms with Crippen LogP contribution in [0.4, 0.5) is 4.39 Å². The van der Waals surface area contributed by atoms with Gasteiger partial charge in [-0.3, -0.25) is 4.79 Å². The molecule has 0 saturated carbocycles. The van der Waals surface area contributed by atoms with Gasteiger partial charge >= 0.3 is 0 Å². The number of rotatable bonds is 6. The number of carbonyl (C=O) groups excluding carboxylic acids is 1. The van der Waals surface area contributed by atoms with E-state index < -0.39 is 0 Å². The molecular weight excluding hydrogens is 401 g/mol. The molecule has 0 aliphatic heterocycles. The number of aromatic nitrogens is 3. The largest absolute Gasteiger partial charge is 0.349 e. The van der Waals surface area contributed by atoms with Crippen molar-refractivity contribution in [1.29, 1.82) is 0 Å². The zero-order chi connectivity index (χ0) is 21.1. The van der Waals surface area contributed by atoms with Crippen LogP contribution in [0.2, 0.25) is 0 Å². The number of benzene rings is 2. The molecule has 3 N–H and O–H groups in total. The molecule has 1 amide bonds. The average Bonchev–Trinajstić information content (AvgIpc) is 3.12. The van der Waals surface area contributed by atoms with E-state index in [1.54, 1.807) is 12.1 Å². The van der Waals surface area contributed by atoms with Gasteiger partial charge < -0.3 is 11.2 Å². The summed E-state index contributed by atoms with van der Waals surface area (Å²) in [5.41, 5.74) is 4.61. The van der Waals surface area contributed by atoms with Crippen LogP contribution in [0, 0.1) is 5.82 Å². The molecule has 1 heterocycles. The highest BCUT2D eigenvalue weighted by molar-refractivity contribution is 7.99. The van der Waals surface area contributed by atoms with Gasteiger partial charge in [0.2, 0.25) is 11.1 Å². The van der Waals surface area contributed by atoms with Gasteiger partial charge in [-0.05, 0) is 73.6 Å². The fourth-order valence-corrected chi connectivity index (χ4v) is 4.36. The maximum atomic E-state index is 13.1. The van der Waals surface area contributed by atoms with Crippen LogP contribution in [-0.2, 0) is 17.6 Å². The maximum Gasteiger partial charge on any atom is 0.230 e. The van der Waals surface area contributed by atoms with Crippen molar-refractivity contribution in [1.82, 2.24) is 20.2 Å². The van der Waals surface area contributed by atoms with Crippen LogP contribution in [0.25, 0.3) is 11.4 Å². The Hall–Kier alpha value is -2.87. The molecule has 0 spiro atoms. The van der Waals surface area contributed by atoms with Gasteiger partial charge in [0.15, 0.2) is 5.82 Å². The molecule has 2 aromatic carbocycles. The number of nitrogen functional groups attached to an aromatic ring is 1. The van der Waals surface area contributed by atoms with E-state index in [9.17, 15) is 9.18 Å². The molecule has 6 nitrogen and oxygen atoms in total. The van der Waals surface area contributed by atoms with Crippen LogP contribution in [0.5, 0.6) is 0 Å². The minimum atomic E-state index is -0.332. The van der Waals surface area contributed by atoms with E-state index in [0.717, 1.165) is 18.4 Å². The second-order valence-corrected chi connectivity index (χ2v) is 8.44. The molecule has 0 fully saturated rings. The summed E-state index contributed by atoms with van der Waals surface area (Å²) in [7, 11) is 0. The van der Waals surface area contributed by atoms with Crippen LogP contribution in [0.1, 0.15) is 42.5 Å². The topological polar surface area (TPSA) is 85.8 Å². The molecule has 1 aliphatic carbocycles. The summed E-state index contributed by atoms with van der Waals surface area (Å²) in [5.74, 6) is 6.22. The Bertz CT molecular complexity index is 1050. The second-order valence-electron chi connectivity index (χ2n) is 7.50. The normalized spacial score (nSPS) is 14.2. The lowest BCUT2D eigenvalue weighted by molar-refractivity contribution is -0.119. The fraction of sp³-hybridized carbons (Fsp3) is 0.318. The number of halogens is 1. The van der Waals surface area contributed by atoms with Crippen molar-refractivity contribution in [3.63, 3.8) is 0 Å². The van der Waals surface area contributed by atoms with Crippen molar-refractivity contribution in [2.45, 2.75) is 43.8 Å². The predicted molar refractivity (Wildman–Crippen MR) is 116 cm³/mol. The Morgan fingerprint density at radius 2 is 1.90 bits per heavy atom. The fourth-order valence-electron chi connectivity index (χ4n) is 3.69. The quantitative estimate of drug-likeness (QED) is 0.465. The Morgan fingerprint density at radius 3 is 2.67 bits per heavy atom. The van der Waals surface area contributed by atoms with Crippen LogP contribution in [-0.4, -0.2) is 26.5 Å². The highest BCUT2D eigenvalue weighted by Gasteiger charge is 2.17. The SMILES string of the molecule is C[C@H](NC(=O)CSc1nnc(-c2ccc(F)cc2)n1N)c1ccc2c(c1)CCCC2. The zero-order valence-electron chi connectivity index (χ0n) is 16.8. The number of thioether (sulfide) groups is 1. The lowest BCUT2D eigenvalue weighted by atomic mass is 9.89. The number of hydrogen-bond acceptors (Lipinski definition) is 5.